The molecule has 0 atom stereocenters. The van der Waals surface area contributed by atoms with Gasteiger partial charge < -0.3 is 10.6 Å². The van der Waals surface area contributed by atoms with Gasteiger partial charge in [-0.1, -0.05) is 37.3 Å². The molecule has 2 N–H and O–H groups in total. The molecular formula is C15H19ClF2N2O. The van der Waals surface area contributed by atoms with Gasteiger partial charge in [-0.2, -0.15) is 0 Å². The van der Waals surface area contributed by atoms with Crippen molar-refractivity contribution in [2.24, 2.45) is 0 Å². The molecule has 3 nitrogen and oxygen atoms in total. The van der Waals surface area contributed by atoms with Crippen molar-refractivity contribution in [1.82, 2.24) is 5.32 Å². The Balaban J connectivity index is 1.86. The minimum Gasteiger partial charge on any atom is -0.373 e. The lowest BCUT2D eigenvalue weighted by Gasteiger charge is -2.17. The summed E-state index contributed by atoms with van der Waals surface area (Å²) >= 11 is 5.76. The number of rotatable bonds is 4. The third kappa shape index (κ3) is 4.84. The molecule has 0 aliphatic heterocycles. The Labute approximate surface area is 128 Å². The fraction of sp³-hybridized carbons (Fsp3) is 0.533. The van der Waals surface area contributed by atoms with Gasteiger partial charge in [0.25, 0.3) is 0 Å². The van der Waals surface area contributed by atoms with Gasteiger partial charge in [0.1, 0.15) is 5.82 Å². The van der Waals surface area contributed by atoms with E-state index < -0.39 is 11.6 Å². The van der Waals surface area contributed by atoms with Crippen LogP contribution in [0.5, 0.6) is 0 Å². The smallest absolute Gasteiger partial charge is 0.239 e. The molecule has 0 aromatic heterocycles. The average molecular weight is 317 g/mol. The monoisotopic (exact) mass is 316 g/mol. The van der Waals surface area contributed by atoms with Gasteiger partial charge in [0.2, 0.25) is 5.91 Å². The lowest BCUT2D eigenvalue weighted by atomic mass is 10.1. The first-order valence-corrected chi connectivity index (χ1v) is 7.62. The first-order valence-electron chi connectivity index (χ1n) is 7.24. The molecule has 21 heavy (non-hydrogen) atoms. The van der Waals surface area contributed by atoms with Crippen LogP contribution in [0.3, 0.4) is 0 Å². The molecule has 1 fully saturated rings. The minimum atomic E-state index is -0.803. The van der Waals surface area contributed by atoms with Crippen LogP contribution in [0, 0.1) is 11.6 Å². The van der Waals surface area contributed by atoms with E-state index >= 15 is 0 Å². The molecule has 0 unspecified atom stereocenters. The summed E-state index contributed by atoms with van der Waals surface area (Å²) in [5, 5.41) is 5.49. The van der Waals surface area contributed by atoms with Gasteiger partial charge in [-0.3, -0.25) is 4.79 Å². The highest BCUT2D eigenvalue weighted by Crippen LogP contribution is 2.26. The van der Waals surface area contributed by atoms with Gasteiger partial charge in [0, 0.05) is 12.1 Å². The molecule has 0 spiro atoms. The second-order valence-electron chi connectivity index (χ2n) is 5.35. The molecule has 1 aliphatic carbocycles. The van der Waals surface area contributed by atoms with Gasteiger partial charge in [-0.25, -0.2) is 8.78 Å². The van der Waals surface area contributed by atoms with E-state index in [0.717, 1.165) is 37.8 Å². The number of hydrogen-bond acceptors (Lipinski definition) is 2. The predicted molar refractivity (Wildman–Crippen MR) is 79.5 cm³/mol. The molecule has 1 saturated carbocycles. The standard InChI is InChI=1S/C15H19ClF2N2O/c16-12-7-10(17)8-13(18)15(12)19-9-14(21)20-11-5-3-1-2-4-6-11/h7-8,11,19H,1-6,9H2,(H,20,21). The lowest BCUT2D eigenvalue weighted by Crippen LogP contribution is -2.38. The van der Waals surface area contributed by atoms with E-state index in [4.69, 9.17) is 11.6 Å². The van der Waals surface area contributed by atoms with Crippen molar-refractivity contribution < 1.29 is 13.6 Å². The zero-order chi connectivity index (χ0) is 15.2. The van der Waals surface area contributed by atoms with Gasteiger partial charge in [-0.05, 0) is 18.9 Å². The van der Waals surface area contributed by atoms with Crippen molar-refractivity contribution in [3.05, 3.63) is 28.8 Å². The van der Waals surface area contributed by atoms with Crippen molar-refractivity contribution in [1.29, 1.82) is 0 Å². The van der Waals surface area contributed by atoms with Crippen molar-refractivity contribution in [2.45, 2.75) is 44.6 Å². The van der Waals surface area contributed by atoms with Crippen molar-refractivity contribution in [3.8, 4) is 0 Å². The maximum Gasteiger partial charge on any atom is 0.239 e. The van der Waals surface area contributed by atoms with E-state index in [1.807, 2.05) is 0 Å². The van der Waals surface area contributed by atoms with Gasteiger partial charge in [0.15, 0.2) is 5.82 Å². The van der Waals surface area contributed by atoms with Crippen LogP contribution in [0.15, 0.2) is 12.1 Å². The van der Waals surface area contributed by atoms with Crippen molar-refractivity contribution in [2.75, 3.05) is 11.9 Å². The summed E-state index contributed by atoms with van der Waals surface area (Å²) in [6, 6.07) is 1.93. The Kier molecular flexibility index (Phi) is 5.79. The Hall–Kier alpha value is -1.36. The second-order valence-corrected chi connectivity index (χ2v) is 5.76. The first kappa shape index (κ1) is 16.0. The number of halogens is 3. The summed E-state index contributed by atoms with van der Waals surface area (Å²) in [6.45, 7) is -0.0846. The molecule has 0 radical (unpaired) electrons. The number of amides is 1. The fourth-order valence-electron chi connectivity index (χ4n) is 2.58. The van der Waals surface area contributed by atoms with E-state index in [1.165, 1.54) is 12.8 Å². The topological polar surface area (TPSA) is 41.1 Å². The molecule has 1 aliphatic rings. The maximum absolute atomic E-state index is 13.6. The molecule has 1 amide bonds. The molecular weight excluding hydrogens is 298 g/mol. The van der Waals surface area contributed by atoms with Crippen LogP contribution in [0.4, 0.5) is 14.5 Å². The summed E-state index contributed by atoms with van der Waals surface area (Å²) in [7, 11) is 0. The third-order valence-corrected chi connectivity index (χ3v) is 3.95. The highest BCUT2D eigenvalue weighted by molar-refractivity contribution is 6.33. The Bertz CT molecular complexity index is 479. The molecule has 2 rings (SSSR count). The summed E-state index contributed by atoms with van der Waals surface area (Å²) in [5.74, 6) is -1.75. The van der Waals surface area contributed by atoms with E-state index in [9.17, 15) is 13.6 Å². The van der Waals surface area contributed by atoms with E-state index in [1.54, 1.807) is 0 Å². The SMILES string of the molecule is O=C(CNc1c(F)cc(F)cc1Cl)NC1CCCCCC1. The van der Waals surface area contributed by atoms with E-state index in [-0.39, 0.29) is 29.2 Å². The van der Waals surface area contributed by atoms with Crippen LogP contribution in [0.25, 0.3) is 0 Å². The fourth-order valence-corrected chi connectivity index (χ4v) is 2.84. The zero-order valence-corrected chi connectivity index (χ0v) is 12.5. The van der Waals surface area contributed by atoms with Gasteiger partial charge >= 0.3 is 0 Å². The number of carbonyl (C=O) groups excluding carboxylic acids is 1. The molecule has 1 aromatic carbocycles. The van der Waals surface area contributed by atoms with Gasteiger partial charge in [0.05, 0.1) is 17.3 Å². The van der Waals surface area contributed by atoms with Crippen LogP contribution in [-0.2, 0) is 4.79 Å². The van der Waals surface area contributed by atoms with Crippen LogP contribution in [-0.4, -0.2) is 18.5 Å². The normalized spacial score (nSPS) is 16.3. The quantitative estimate of drug-likeness (QED) is 0.828. The second kappa shape index (κ2) is 7.59. The van der Waals surface area contributed by atoms with Crippen molar-refractivity contribution in [3.63, 3.8) is 0 Å². The van der Waals surface area contributed by atoms with Crippen LogP contribution >= 0.6 is 11.6 Å². The summed E-state index contributed by atoms with van der Waals surface area (Å²) in [4.78, 5) is 11.9. The molecule has 6 heteroatoms. The predicted octanol–water partition coefficient (Wildman–Crippen LogP) is 3.87. The van der Waals surface area contributed by atoms with E-state index in [0.29, 0.717) is 0 Å². The third-order valence-electron chi connectivity index (χ3n) is 3.65. The first-order chi connectivity index (χ1) is 10.1. The Morgan fingerprint density at radius 2 is 1.86 bits per heavy atom. The molecule has 116 valence electrons. The minimum absolute atomic E-state index is 0.0471. The Morgan fingerprint density at radius 3 is 2.48 bits per heavy atom. The summed E-state index contributed by atoms with van der Waals surface area (Å²) in [6.07, 6.45) is 6.63. The number of hydrogen-bond donors (Lipinski definition) is 2. The van der Waals surface area contributed by atoms with Crippen LogP contribution in [0.1, 0.15) is 38.5 Å². The highest BCUT2D eigenvalue weighted by Gasteiger charge is 2.16. The average Bonchev–Trinajstić information content (AvgIpc) is 2.66. The molecule has 1 aromatic rings. The molecule has 0 heterocycles. The molecule has 0 saturated heterocycles. The van der Waals surface area contributed by atoms with Crippen molar-refractivity contribution >= 4 is 23.2 Å². The largest absolute Gasteiger partial charge is 0.373 e. The van der Waals surface area contributed by atoms with Crippen LogP contribution in [0.2, 0.25) is 5.02 Å². The Morgan fingerprint density at radius 1 is 1.19 bits per heavy atom. The highest BCUT2D eigenvalue weighted by atomic mass is 35.5. The molecule has 0 bridgehead atoms. The summed E-state index contributed by atoms with van der Waals surface area (Å²) < 4.78 is 26.5. The number of benzene rings is 1. The van der Waals surface area contributed by atoms with Gasteiger partial charge in [-0.15, -0.1) is 0 Å². The van der Waals surface area contributed by atoms with Crippen LogP contribution < -0.4 is 10.6 Å². The number of anilines is 1. The maximum atomic E-state index is 13.6. The number of carbonyl (C=O) groups is 1. The summed E-state index contributed by atoms with van der Waals surface area (Å²) in [5.41, 5.74) is -0.0471. The van der Waals surface area contributed by atoms with E-state index in [2.05, 4.69) is 10.6 Å². The lowest BCUT2D eigenvalue weighted by molar-refractivity contribution is -0.120. The number of nitrogens with one attached hydrogen (secondary N) is 2. The zero-order valence-electron chi connectivity index (χ0n) is 11.7.